The normalized spacial score (nSPS) is 9.18. The third-order valence-corrected chi connectivity index (χ3v) is 1.59. The van der Waals surface area contributed by atoms with E-state index >= 15 is 0 Å². The van der Waals surface area contributed by atoms with E-state index in [1.807, 2.05) is 25.1 Å². The molecule has 56 valence electrons. The van der Waals surface area contributed by atoms with Crippen LogP contribution >= 0.6 is 0 Å². The van der Waals surface area contributed by atoms with Crippen LogP contribution in [0, 0.1) is 19.3 Å². The summed E-state index contributed by atoms with van der Waals surface area (Å²) in [7, 11) is 0. The second-order valence-electron chi connectivity index (χ2n) is 2.46. The Labute approximate surface area is 66.7 Å². The number of hydrogen-bond donors (Lipinski definition) is 1. The first-order valence-electron chi connectivity index (χ1n) is 3.45. The summed E-state index contributed by atoms with van der Waals surface area (Å²) in [5, 5.41) is 8.88. The average Bonchev–Trinajstić information content (AvgIpc) is 2.04. The zero-order valence-electron chi connectivity index (χ0n) is 6.46. The Balaban J connectivity index is 3.19. The lowest BCUT2D eigenvalue weighted by molar-refractivity contribution is 0.281. The van der Waals surface area contributed by atoms with Crippen LogP contribution in [0.25, 0.3) is 0 Å². The van der Waals surface area contributed by atoms with Crippen LogP contribution in [0.2, 0.25) is 0 Å². The Morgan fingerprint density at radius 3 is 2.82 bits per heavy atom. The lowest BCUT2D eigenvalue weighted by atomic mass is 10.1. The zero-order chi connectivity index (χ0) is 8.27. The number of aryl methyl sites for hydroxylation is 1. The molecule has 0 fully saturated rings. The topological polar surface area (TPSA) is 20.2 Å². The molecular weight excluding hydrogens is 136 g/mol. The van der Waals surface area contributed by atoms with E-state index in [-0.39, 0.29) is 6.61 Å². The number of benzene rings is 1. The van der Waals surface area contributed by atoms with Gasteiger partial charge in [-0.1, -0.05) is 23.6 Å². The van der Waals surface area contributed by atoms with Gasteiger partial charge in [0.2, 0.25) is 0 Å². The van der Waals surface area contributed by atoms with Crippen LogP contribution in [0.3, 0.4) is 0 Å². The van der Waals surface area contributed by atoms with Crippen LogP contribution in [0.15, 0.2) is 18.2 Å². The highest BCUT2D eigenvalue weighted by atomic mass is 16.3. The Morgan fingerprint density at radius 1 is 1.55 bits per heavy atom. The molecule has 0 aliphatic heterocycles. The summed E-state index contributed by atoms with van der Waals surface area (Å²) < 4.78 is 0. The van der Waals surface area contributed by atoms with Gasteiger partial charge in [-0.2, -0.15) is 0 Å². The molecule has 0 spiro atoms. The van der Waals surface area contributed by atoms with Crippen molar-refractivity contribution in [2.75, 3.05) is 0 Å². The molecule has 0 aliphatic rings. The molecular formula is C10H10O. The van der Waals surface area contributed by atoms with Gasteiger partial charge in [0.25, 0.3) is 0 Å². The van der Waals surface area contributed by atoms with Crippen molar-refractivity contribution in [2.45, 2.75) is 13.5 Å². The van der Waals surface area contributed by atoms with Gasteiger partial charge in [-0.05, 0) is 18.6 Å². The number of terminal acetylenes is 1. The Bertz CT molecular complexity index is 294. The molecule has 11 heavy (non-hydrogen) atoms. The summed E-state index contributed by atoms with van der Waals surface area (Å²) in [6.07, 6.45) is 5.22. The van der Waals surface area contributed by atoms with E-state index in [2.05, 4.69) is 5.92 Å². The van der Waals surface area contributed by atoms with Crippen molar-refractivity contribution in [1.29, 1.82) is 0 Å². The first-order chi connectivity index (χ1) is 5.27. The van der Waals surface area contributed by atoms with Crippen molar-refractivity contribution in [3.8, 4) is 12.3 Å². The maximum absolute atomic E-state index is 8.88. The molecule has 0 unspecified atom stereocenters. The molecule has 0 aliphatic carbocycles. The molecule has 0 bridgehead atoms. The third kappa shape index (κ3) is 1.60. The third-order valence-electron chi connectivity index (χ3n) is 1.59. The number of hydrogen-bond acceptors (Lipinski definition) is 1. The minimum Gasteiger partial charge on any atom is -0.392 e. The fraction of sp³-hybridized carbons (Fsp3) is 0.200. The molecule has 0 amide bonds. The molecule has 0 radical (unpaired) electrons. The molecule has 0 aromatic heterocycles. The highest BCUT2D eigenvalue weighted by molar-refractivity contribution is 5.41. The summed E-state index contributed by atoms with van der Waals surface area (Å²) in [6.45, 7) is 1.99. The van der Waals surface area contributed by atoms with Crippen LogP contribution in [0.4, 0.5) is 0 Å². The van der Waals surface area contributed by atoms with E-state index < -0.39 is 0 Å². The van der Waals surface area contributed by atoms with Crippen LogP contribution in [-0.2, 0) is 6.61 Å². The highest BCUT2D eigenvalue weighted by Crippen LogP contribution is 2.09. The Hall–Kier alpha value is -1.26. The summed E-state index contributed by atoms with van der Waals surface area (Å²) in [5.74, 6) is 2.51. The average molecular weight is 146 g/mol. The molecule has 1 N–H and O–H groups in total. The molecule has 0 saturated heterocycles. The molecule has 0 heterocycles. The van der Waals surface area contributed by atoms with E-state index in [1.165, 1.54) is 0 Å². The molecule has 1 aromatic carbocycles. The predicted octanol–water partition coefficient (Wildman–Crippen LogP) is 1.47. The minimum atomic E-state index is 0.0151. The second-order valence-corrected chi connectivity index (χ2v) is 2.46. The van der Waals surface area contributed by atoms with E-state index in [1.54, 1.807) is 0 Å². The maximum atomic E-state index is 8.88. The number of aliphatic hydroxyl groups is 1. The largest absolute Gasteiger partial charge is 0.392 e. The van der Waals surface area contributed by atoms with Crippen molar-refractivity contribution in [1.82, 2.24) is 0 Å². The van der Waals surface area contributed by atoms with E-state index in [4.69, 9.17) is 11.5 Å². The van der Waals surface area contributed by atoms with Gasteiger partial charge in [0.05, 0.1) is 6.61 Å². The highest BCUT2D eigenvalue weighted by Gasteiger charge is 1.97. The summed E-state index contributed by atoms with van der Waals surface area (Å²) in [5.41, 5.74) is 2.72. The van der Waals surface area contributed by atoms with Crippen molar-refractivity contribution in [2.24, 2.45) is 0 Å². The second kappa shape index (κ2) is 3.23. The van der Waals surface area contributed by atoms with Crippen LogP contribution < -0.4 is 0 Å². The molecule has 1 nitrogen and oxygen atoms in total. The van der Waals surface area contributed by atoms with Crippen LogP contribution in [0.1, 0.15) is 16.7 Å². The van der Waals surface area contributed by atoms with Gasteiger partial charge in [-0.25, -0.2) is 0 Å². The van der Waals surface area contributed by atoms with Crippen molar-refractivity contribution in [3.63, 3.8) is 0 Å². The van der Waals surface area contributed by atoms with Gasteiger partial charge in [-0.3, -0.25) is 0 Å². The fourth-order valence-corrected chi connectivity index (χ4v) is 0.994. The summed E-state index contributed by atoms with van der Waals surface area (Å²) >= 11 is 0. The van der Waals surface area contributed by atoms with E-state index in [0.717, 1.165) is 16.7 Å². The monoisotopic (exact) mass is 146 g/mol. The number of rotatable bonds is 1. The first-order valence-corrected chi connectivity index (χ1v) is 3.45. The quantitative estimate of drug-likeness (QED) is 0.595. The smallest absolute Gasteiger partial charge is 0.0694 e. The Kier molecular flexibility index (Phi) is 2.30. The van der Waals surface area contributed by atoms with Gasteiger partial charge < -0.3 is 5.11 Å². The van der Waals surface area contributed by atoms with Crippen molar-refractivity contribution < 1.29 is 5.11 Å². The van der Waals surface area contributed by atoms with Gasteiger partial charge in [0.1, 0.15) is 0 Å². The molecule has 1 aromatic rings. The van der Waals surface area contributed by atoms with E-state index in [0.29, 0.717) is 0 Å². The SMILES string of the molecule is C#Cc1ccc(C)cc1CO. The lowest BCUT2D eigenvalue weighted by Gasteiger charge is -2.00. The number of aliphatic hydroxyl groups excluding tert-OH is 1. The van der Waals surface area contributed by atoms with Gasteiger partial charge in [0, 0.05) is 5.56 Å². The molecule has 0 saturated carbocycles. The predicted molar refractivity (Wildman–Crippen MR) is 45.0 cm³/mol. The Morgan fingerprint density at radius 2 is 2.27 bits per heavy atom. The molecule has 0 atom stereocenters. The van der Waals surface area contributed by atoms with Crippen molar-refractivity contribution in [3.05, 3.63) is 34.9 Å². The molecule has 1 heteroatoms. The fourth-order valence-electron chi connectivity index (χ4n) is 0.994. The van der Waals surface area contributed by atoms with Gasteiger partial charge >= 0.3 is 0 Å². The van der Waals surface area contributed by atoms with E-state index in [9.17, 15) is 0 Å². The standard InChI is InChI=1S/C10H10O/c1-3-9-5-4-8(2)6-10(9)7-11/h1,4-6,11H,7H2,2H3. The lowest BCUT2D eigenvalue weighted by Crippen LogP contribution is -1.89. The van der Waals surface area contributed by atoms with Crippen LogP contribution in [0.5, 0.6) is 0 Å². The summed E-state index contributed by atoms with van der Waals surface area (Å²) in [4.78, 5) is 0. The van der Waals surface area contributed by atoms with Crippen molar-refractivity contribution >= 4 is 0 Å². The van der Waals surface area contributed by atoms with Gasteiger partial charge in [0.15, 0.2) is 0 Å². The maximum Gasteiger partial charge on any atom is 0.0694 e. The van der Waals surface area contributed by atoms with Crippen LogP contribution in [-0.4, -0.2) is 5.11 Å². The minimum absolute atomic E-state index is 0.0151. The summed E-state index contributed by atoms with van der Waals surface area (Å²) in [6, 6.07) is 5.68. The zero-order valence-corrected chi connectivity index (χ0v) is 6.46. The molecule has 1 rings (SSSR count). The van der Waals surface area contributed by atoms with Gasteiger partial charge in [-0.15, -0.1) is 6.42 Å². The first kappa shape index (κ1) is 7.84.